The van der Waals surface area contributed by atoms with Crippen LogP contribution in [0.2, 0.25) is 0 Å². The van der Waals surface area contributed by atoms with Gasteiger partial charge in [0.2, 0.25) is 5.91 Å². The van der Waals surface area contributed by atoms with E-state index < -0.39 is 34.7 Å². The molecule has 8 nitrogen and oxygen atoms in total. The summed E-state index contributed by atoms with van der Waals surface area (Å²) < 4.78 is 39.2. The Kier molecular flexibility index (Phi) is 5.57. The number of rotatable bonds is 4. The summed E-state index contributed by atoms with van der Waals surface area (Å²) in [5.74, 6) is -0.449. The van der Waals surface area contributed by atoms with Gasteiger partial charge in [-0.15, -0.1) is 0 Å². The van der Waals surface area contributed by atoms with Crippen molar-refractivity contribution in [3.63, 3.8) is 0 Å². The molecule has 0 atom stereocenters. The number of nitrogens with zero attached hydrogens (tertiary/aromatic N) is 4. The predicted molar refractivity (Wildman–Crippen MR) is 97.6 cm³/mol. The van der Waals surface area contributed by atoms with Gasteiger partial charge in [-0.05, 0) is 18.2 Å². The number of carbonyl (C=O) groups excluding carboxylic acids is 1. The molecule has 0 radical (unpaired) electrons. The summed E-state index contributed by atoms with van der Waals surface area (Å²) in [6, 6.07) is 7.52. The average Bonchev–Trinajstić information content (AvgIpc) is 2.69. The third kappa shape index (κ3) is 4.73. The molecule has 2 heterocycles. The second-order valence-corrected chi connectivity index (χ2v) is 6.52. The third-order valence-corrected chi connectivity index (χ3v) is 4.67. The molecule has 0 N–H and O–H groups in total. The maximum atomic E-state index is 12.8. The minimum absolute atomic E-state index is 0.0194. The van der Waals surface area contributed by atoms with Gasteiger partial charge in [0, 0.05) is 56.3 Å². The largest absolute Gasteiger partial charge is 0.417 e. The monoisotopic (exact) mass is 410 g/mol. The van der Waals surface area contributed by atoms with E-state index in [1.165, 1.54) is 17.0 Å². The average molecular weight is 410 g/mol. The lowest BCUT2D eigenvalue weighted by molar-refractivity contribution is -0.384. The molecule has 11 heteroatoms. The number of amides is 1. The van der Waals surface area contributed by atoms with E-state index in [4.69, 9.17) is 0 Å². The van der Waals surface area contributed by atoms with Gasteiger partial charge >= 0.3 is 6.18 Å². The van der Waals surface area contributed by atoms with Crippen LogP contribution in [0.3, 0.4) is 0 Å². The minimum Gasteiger partial charge on any atom is -0.368 e. The molecular weight excluding hydrogens is 393 g/mol. The van der Waals surface area contributed by atoms with Gasteiger partial charge in [-0.3, -0.25) is 19.7 Å². The highest BCUT2D eigenvalue weighted by molar-refractivity contribution is 5.76. The van der Waals surface area contributed by atoms with E-state index in [1.807, 2.05) is 4.90 Å². The number of hydrogen-bond donors (Lipinski definition) is 0. The van der Waals surface area contributed by atoms with Gasteiger partial charge in [0.1, 0.15) is 6.54 Å². The summed E-state index contributed by atoms with van der Waals surface area (Å²) in [4.78, 5) is 37.9. The molecule has 2 aromatic rings. The fourth-order valence-electron chi connectivity index (χ4n) is 3.07. The Hall–Kier alpha value is -3.37. The number of non-ortho nitro benzene ring substituents is 1. The van der Waals surface area contributed by atoms with Crippen LogP contribution < -0.4 is 10.5 Å². The molecule has 3 rings (SSSR count). The van der Waals surface area contributed by atoms with Crippen LogP contribution in [0, 0.1) is 10.1 Å². The molecule has 0 spiro atoms. The van der Waals surface area contributed by atoms with Gasteiger partial charge in [0.25, 0.3) is 11.2 Å². The summed E-state index contributed by atoms with van der Waals surface area (Å²) in [6.07, 6.45) is -3.96. The van der Waals surface area contributed by atoms with Crippen LogP contribution in [-0.4, -0.2) is 46.5 Å². The third-order valence-electron chi connectivity index (χ3n) is 4.67. The molecule has 1 fully saturated rings. The van der Waals surface area contributed by atoms with Gasteiger partial charge in [-0.25, -0.2) is 0 Å². The quantitative estimate of drug-likeness (QED) is 0.569. The van der Waals surface area contributed by atoms with Crippen LogP contribution >= 0.6 is 0 Å². The normalized spacial score (nSPS) is 14.7. The van der Waals surface area contributed by atoms with Crippen LogP contribution in [0.4, 0.5) is 24.5 Å². The Labute approximate surface area is 162 Å². The Bertz CT molecular complexity index is 964. The van der Waals surface area contributed by atoms with Crippen molar-refractivity contribution >= 4 is 17.3 Å². The first kappa shape index (κ1) is 20.4. The van der Waals surface area contributed by atoms with Crippen LogP contribution in [0.1, 0.15) is 5.56 Å². The van der Waals surface area contributed by atoms with E-state index in [1.54, 1.807) is 12.1 Å². The van der Waals surface area contributed by atoms with Crippen molar-refractivity contribution in [1.82, 2.24) is 9.47 Å². The fraction of sp³-hybridized carbons (Fsp3) is 0.333. The lowest BCUT2D eigenvalue weighted by atomic mass is 10.2. The molecule has 1 aromatic carbocycles. The molecule has 1 aliphatic heterocycles. The predicted octanol–water partition coefficient (Wildman–Crippen LogP) is 2.12. The smallest absolute Gasteiger partial charge is 0.368 e. The first-order valence-corrected chi connectivity index (χ1v) is 8.70. The summed E-state index contributed by atoms with van der Waals surface area (Å²) in [6.45, 7) is 1.09. The summed E-state index contributed by atoms with van der Waals surface area (Å²) in [7, 11) is 0. The van der Waals surface area contributed by atoms with Crippen molar-refractivity contribution in [1.29, 1.82) is 0 Å². The molecule has 154 valence electrons. The number of hydrogen-bond acceptors (Lipinski definition) is 5. The first-order chi connectivity index (χ1) is 13.6. The standard InChI is InChI=1S/C18H17F3N4O4/c19-18(20,21)13-1-6-16(26)24(11-13)12-17(27)23-9-7-22(8-10-23)14-2-4-15(5-3-14)25(28)29/h1-6,11H,7-10,12H2. The minimum atomic E-state index is -4.60. The topological polar surface area (TPSA) is 88.7 Å². The number of nitro groups is 1. The maximum Gasteiger partial charge on any atom is 0.417 e. The number of halogens is 3. The number of carbonyl (C=O) groups is 1. The van der Waals surface area contributed by atoms with Crippen molar-refractivity contribution in [2.45, 2.75) is 12.7 Å². The number of pyridine rings is 1. The van der Waals surface area contributed by atoms with E-state index >= 15 is 0 Å². The van der Waals surface area contributed by atoms with E-state index in [0.717, 1.165) is 16.3 Å². The molecule has 0 aliphatic carbocycles. The molecule has 1 saturated heterocycles. The second-order valence-electron chi connectivity index (χ2n) is 6.52. The van der Waals surface area contributed by atoms with E-state index in [0.29, 0.717) is 38.4 Å². The van der Waals surface area contributed by atoms with E-state index in [2.05, 4.69) is 0 Å². The number of alkyl halides is 3. The number of nitro benzene ring substituents is 1. The molecule has 29 heavy (non-hydrogen) atoms. The van der Waals surface area contributed by atoms with E-state index in [9.17, 15) is 32.9 Å². The zero-order chi connectivity index (χ0) is 21.2. The number of piperazine rings is 1. The van der Waals surface area contributed by atoms with Crippen molar-refractivity contribution in [2.24, 2.45) is 0 Å². The van der Waals surface area contributed by atoms with Gasteiger partial charge in [0.05, 0.1) is 10.5 Å². The highest BCUT2D eigenvalue weighted by Gasteiger charge is 2.31. The van der Waals surface area contributed by atoms with Crippen LogP contribution in [-0.2, 0) is 17.5 Å². The Morgan fingerprint density at radius 2 is 1.66 bits per heavy atom. The lowest BCUT2D eigenvalue weighted by Crippen LogP contribution is -2.50. The lowest BCUT2D eigenvalue weighted by Gasteiger charge is -2.36. The first-order valence-electron chi connectivity index (χ1n) is 8.70. The summed E-state index contributed by atoms with van der Waals surface area (Å²) in [5.41, 5.74) is -0.922. The molecule has 1 aromatic heterocycles. The van der Waals surface area contributed by atoms with Gasteiger partial charge < -0.3 is 14.4 Å². The summed E-state index contributed by atoms with van der Waals surface area (Å²) in [5, 5.41) is 10.7. The summed E-state index contributed by atoms with van der Waals surface area (Å²) >= 11 is 0. The highest BCUT2D eigenvalue weighted by Crippen LogP contribution is 2.28. The fourth-order valence-corrected chi connectivity index (χ4v) is 3.07. The number of aromatic nitrogens is 1. The second kappa shape index (κ2) is 7.94. The molecule has 1 amide bonds. The van der Waals surface area contributed by atoms with Crippen LogP contribution in [0.25, 0.3) is 0 Å². The zero-order valence-electron chi connectivity index (χ0n) is 15.1. The van der Waals surface area contributed by atoms with E-state index in [-0.39, 0.29) is 5.69 Å². The zero-order valence-corrected chi connectivity index (χ0v) is 15.1. The molecule has 0 bridgehead atoms. The Morgan fingerprint density at radius 1 is 1.03 bits per heavy atom. The molecule has 0 saturated carbocycles. The molecular formula is C18H17F3N4O4. The SMILES string of the molecule is O=C(Cn1cc(C(F)(F)F)ccc1=O)N1CCN(c2ccc([N+](=O)[O-])cc2)CC1. The molecule has 1 aliphatic rings. The number of anilines is 1. The van der Waals surface area contributed by atoms with Gasteiger partial charge in [0.15, 0.2) is 0 Å². The van der Waals surface area contributed by atoms with Crippen molar-refractivity contribution in [3.05, 3.63) is 68.6 Å². The Morgan fingerprint density at radius 3 is 2.21 bits per heavy atom. The number of benzene rings is 1. The molecule has 0 unspecified atom stereocenters. The van der Waals surface area contributed by atoms with Gasteiger partial charge in [-0.2, -0.15) is 13.2 Å². The van der Waals surface area contributed by atoms with Crippen molar-refractivity contribution in [2.75, 3.05) is 31.1 Å². The van der Waals surface area contributed by atoms with Crippen molar-refractivity contribution in [3.8, 4) is 0 Å². The maximum absolute atomic E-state index is 12.8. The Balaban J connectivity index is 1.62. The van der Waals surface area contributed by atoms with Crippen LogP contribution in [0.5, 0.6) is 0 Å². The highest BCUT2D eigenvalue weighted by atomic mass is 19.4. The van der Waals surface area contributed by atoms with Crippen molar-refractivity contribution < 1.29 is 22.9 Å². The van der Waals surface area contributed by atoms with Crippen LogP contribution in [0.15, 0.2) is 47.4 Å². The van der Waals surface area contributed by atoms with Gasteiger partial charge in [-0.1, -0.05) is 0 Å².